The summed E-state index contributed by atoms with van der Waals surface area (Å²) in [5.74, 6) is -0.218. The number of hydrogen-bond acceptors (Lipinski definition) is 4. The Balaban J connectivity index is 1.78. The minimum absolute atomic E-state index is 0.168. The highest BCUT2D eigenvalue weighted by atomic mass is 35.5. The number of hydrogen-bond donors (Lipinski definition) is 2. The topological polar surface area (TPSA) is 61.7 Å². The molecule has 1 aromatic heterocycles. The largest absolute Gasteiger partial charge is 0.508 e. The van der Waals surface area contributed by atoms with E-state index in [2.05, 4.69) is 10.5 Å². The maximum absolute atomic E-state index is 12.2. The van der Waals surface area contributed by atoms with Crippen molar-refractivity contribution in [3.05, 3.63) is 63.0 Å². The quantitative estimate of drug-likeness (QED) is 0.523. The van der Waals surface area contributed by atoms with Gasteiger partial charge in [-0.1, -0.05) is 29.3 Å². The van der Waals surface area contributed by atoms with Gasteiger partial charge in [-0.25, -0.2) is 5.43 Å². The highest BCUT2D eigenvalue weighted by Gasteiger charge is 2.16. The number of phenols is 1. The molecular formula is C16H10Cl2N2O2S. The lowest BCUT2D eigenvalue weighted by molar-refractivity contribution is 0.0959. The lowest BCUT2D eigenvalue weighted by Crippen LogP contribution is -2.16. The molecular weight excluding hydrogens is 355 g/mol. The minimum Gasteiger partial charge on any atom is -0.508 e. The van der Waals surface area contributed by atoms with Gasteiger partial charge in [0, 0.05) is 15.1 Å². The molecule has 116 valence electrons. The van der Waals surface area contributed by atoms with E-state index in [9.17, 15) is 9.90 Å². The van der Waals surface area contributed by atoms with E-state index < -0.39 is 0 Å². The highest BCUT2D eigenvalue weighted by molar-refractivity contribution is 7.21. The Hall–Kier alpha value is -2.08. The fourth-order valence-electron chi connectivity index (χ4n) is 1.96. The van der Waals surface area contributed by atoms with Crippen LogP contribution in [-0.2, 0) is 0 Å². The summed E-state index contributed by atoms with van der Waals surface area (Å²) < 4.78 is 0.843. The molecule has 2 N–H and O–H groups in total. The van der Waals surface area contributed by atoms with Crippen LogP contribution >= 0.6 is 34.5 Å². The molecule has 3 rings (SSSR count). The van der Waals surface area contributed by atoms with Crippen LogP contribution in [0.5, 0.6) is 5.75 Å². The van der Waals surface area contributed by atoms with Crippen LogP contribution < -0.4 is 5.43 Å². The molecule has 0 aliphatic rings. The van der Waals surface area contributed by atoms with E-state index >= 15 is 0 Å². The molecule has 0 spiro atoms. The molecule has 0 atom stereocenters. The maximum atomic E-state index is 12.2. The number of nitrogens with zero attached hydrogens (tertiary/aromatic N) is 1. The molecule has 0 saturated carbocycles. The number of fused-ring (bicyclic) bond motifs is 1. The summed E-state index contributed by atoms with van der Waals surface area (Å²) in [5.41, 5.74) is 3.19. The van der Waals surface area contributed by atoms with Gasteiger partial charge in [0.05, 0.1) is 11.2 Å². The van der Waals surface area contributed by atoms with Gasteiger partial charge in [0.2, 0.25) is 0 Å². The number of hydrazone groups is 1. The van der Waals surface area contributed by atoms with Gasteiger partial charge in [0.1, 0.15) is 10.6 Å². The molecule has 0 bridgehead atoms. The third-order valence-corrected chi connectivity index (χ3v) is 4.96. The molecule has 0 saturated heterocycles. The Morgan fingerprint density at radius 1 is 1.17 bits per heavy atom. The molecule has 0 aliphatic heterocycles. The Labute approximate surface area is 146 Å². The second-order valence-electron chi connectivity index (χ2n) is 4.68. The van der Waals surface area contributed by atoms with Crippen LogP contribution in [0.4, 0.5) is 0 Å². The number of amides is 1. The molecule has 1 heterocycles. The van der Waals surface area contributed by atoms with Crippen LogP contribution in [0.3, 0.4) is 0 Å². The van der Waals surface area contributed by atoms with Gasteiger partial charge in [0.25, 0.3) is 5.91 Å². The molecule has 23 heavy (non-hydrogen) atoms. The van der Waals surface area contributed by atoms with Crippen molar-refractivity contribution in [3.63, 3.8) is 0 Å². The minimum atomic E-state index is -0.387. The van der Waals surface area contributed by atoms with Crippen molar-refractivity contribution in [2.75, 3.05) is 0 Å². The number of phenolic OH excluding ortho intramolecular Hbond substituents is 1. The summed E-state index contributed by atoms with van der Waals surface area (Å²) >= 11 is 13.4. The van der Waals surface area contributed by atoms with Gasteiger partial charge in [-0.3, -0.25) is 4.79 Å². The van der Waals surface area contributed by atoms with Crippen molar-refractivity contribution in [1.82, 2.24) is 5.43 Å². The molecule has 0 fully saturated rings. The summed E-state index contributed by atoms with van der Waals surface area (Å²) in [6, 6.07) is 11.7. The predicted molar refractivity (Wildman–Crippen MR) is 95.0 cm³/mol. The second-order valence-corrected chi connectivity index (χ2v) is 6.54. The third kappa shape index (κ3) is 3.47. The van der Waals surface area contributed by atoms with Crippen LogP contribution in [0.25, 0.3) is 10.1 Å². The number of nitrogens with one attached hydrogen (secondary N) is 1. The van der Waals surface area contributed by atoms with E-state index in [1.54, 1.807) is 30.3 Å². The number of thiophene rings is 1. The van der Waals surface area contributed by atoms with Crippen molar-refractivity contribution in [2.24, 2.45) is 5.10 Å². The number of rotatable bonds is 3. The summed E-state index contributed by atoms with van der Waals surface area (Å²) in [6.45, 7) is 0. The second kappa shape index (κ2) is 6.58. The number of halogens is 2. The molecule has 4 nitrogen and oxygen atoms in total. The highest BCUT2D eigenvalue weighted by Crippen LogP contribution is 2.36. The van der Waals surface area contributed by atoms with E-state index in [1.165, 1.54) is 29.7 Å². The summed E-state index contributed by atoms with van der Waals surface area (Å²) in [4.78, 5) is 12.6. The van der Waals surface area contributed by atoms with Crippen LogP contribution in [0, 0.1) is 0 Å². The van der Waals surface area contributed by atoms with Crippen molar-refractivity contribution in [1.29, 1.82) is 0 Å². The van der Waals surface area contributed by atoms with Gasteiger partial charge in [-0.2, -0.15) is 5.10 Å². The van der Waals surface area contributed by atoms with E-state index in [4.69, 9.17) is 23.2 Å². The fourth-order valence-corrected chi connectivity index (χ4v) is 3.64. The Morgan fingerprint density at radius 2 is 1.91 bits per heavy atom. The van der Waals surface area contributed by atoms with Crippen LogP contribution in [0.1, 0.15) is 15.2 Å². The summed E-state index contributed by atoms with van der Waals surface area (Å²) in [5, 5.41) is 14.9. The first-order valence-corrected chi connectivity index (χ1v) is 8.12. The van der Waals surface area contributed by atoms with Gasteiger partial charge in [-0.05, 0) is 42.0 Å². The maximum Gasteiger partial charge on any atom is 0.283 e. The van der Waals surface area contributed by atoms with Crippen molar-refractivity contribution < 1.29 is 9.90 Å². The normalized spacial score (nSPS) is 11.2. The summed E-state index contributed by atoms with van der Waals surface area (Å²) in [6.07, 6.45) is 1.48. The van der Waals surface area contributed by atoms with E-state index in [0.717, 1.165) is 15.6 Å². The standard InChI is InChI=1S/C16H10Cl2N2O2S/c17-10-3-6-12-13(7-10)23-15(14(12)18)16(22)20-19-8-9-1-4-11(21)5-2-9/h1-8,21H,(H,20,22)/b19-8+. The monoisotopic (exact) mass is 364 g/mol. The molecule has 0 unspecified atom stereocenters. The number of benzene rings is 2. The third-order valence-electron chi connectivity index (χ3n) is 3.07. The van der Waals surface area contributed by atoms with Crippen LogP contribution in [0.2, 0.25) is 10.0 Å². The molecule has 0 aliphatic carbocycles. The zero-order valence-corrected chi connectivity index (χ0v) is 13.9. The molecule has 0 radical (unpaired) electrons. The van der Waals surface area contributed by atoms with Crippen LogP contribution in [-0.4, -0.2) is 17.2 Å². The van der Waals surface area contributed by atoms with Gasteiger partial charge in [0.15, 0.2) is 0 Å². The van der Waals surface area contributed by atoms with Crippen LogP contribution in [0.15, 0.2) is 47.6 Å². The van der Waals surface area contributed by atoms with E-state index in [0.29, 0.717) is 14.9 Å². The lowest BCUT2D eigenvalue weighted by Gasteiger charge is -1.97. The molecule has 1 amide bonds. The van der Waals surface area contributed by atoms with Crippen molar-refractivity contribution in [2.45, 2.75) is 0 Å². The number of aromatic hydroxyl groups is 1. The molecule has 3 aromatic rings. The Bertz CT molecular complexity index is 904. The van der Waals surface area contributed by atoms with Gasteiger partial charge < -0.3 is 5.11 Å². The Morgan fingerprint density at radius 3 is 2.65 bits per heavy atom. The Kier molecular flexibility index (Phi) is 4.52. The van der Waals surface area contributed by atoms with E-state index in [1.807, 2.05) is 0 Å². The molecule has 7 heteroatoms. The summed E-state index contributed by atoms with van der Waals surface area (Å²) in [7, 11) is 0. The number of carbonyl (C=O) groups is 1. The van der Waals surface area contributed by atoms with Crippen molar-refractivity contribution in [3.8, 4) is 5.75 Å². The van der Waals surface area contributed by atoms with Gasteiger partial charge in [-0.15, -0.1) is 11.3 Å². The van der Waals surface area contributed by atoms with E-state index in [-0.39, 0.29) is 11.7 Å². The average Bonchev–Trinajstić information content (AvgIpc) is 2.85. The first kappa shape index (κ1) is 15.8. The first-order chi connectivity index (χ1) is 11.0. The predicted octanol–water partition coefficient (Wildman–Crippen LogP) is 4.68. The average molecular weight is 365 g/mol. The van der Waals surface area contributed by atoms with Crippen molar-refractivity contribution >= 4 is 56.7 Å². The zero-order valence-electron chi connectivity index (χ0n) is 11.6. The zero-order chi connectivity index (χ0) is 16.4. The van der Waals surface area contributed by atoms with Gasteiger partial charge >= 0.3 is 0 Å². The number of carbonyl (C=O) groups excluding carboxylic acids is 1. The lowest BCUT2D eigenvalue weighted by atomic mass is 10.2. The smallest absolute Gasteiger partial charge is 0.283 e. The SMILES string of the molecule is O=C(N/N=C/c1ccc(O)cc1)c1sc2cc(Cl)ccc2c1Cl. The first-order valence-electron chi connectivity index (χ1n) is 6.54. The molecule has 2 aromatic carbocycles. The fraction of sp³-hybridized carbons (Fsp3) is 0.